The topological polar surface area (TPSA) is 30.2 Å². The molecule has 2 aromatic rings. The van der Waals surface area contributed by atoms with Crippen LogP contribution in [0.5, 0.6) is 0 Å². The second-order valence-electron chi connectivity index (χ2n) is 4.87. The van der Waals surface area contributed by atoms with E-state index >= 15 is 0 Å². The Morgan fingerprint density at radius 2 is 1.50 bits per heavy atom. The van der Waals surface area contributed by atoms with Gasteiger partial charge in [0.15, 0.2) is 5.76 Å². The van der Waals surface area contributed by atoms with Crippen molar-refractivity contribution < 1.29 is 9.21 Å². The number of hydrogen-bond acceptors (Lipinski definition) is 2. The lowest BCUT2D eigenvalue weighted by atomic mass is 9.91. The highest BCUT2D eigenvalue weighted by Crippen LogP contribution is 2.24. The van der Waals surface area contributed by atoms with Gasteiger partial charge in [0.2, 0.25) is 5.78 Å². The van der Waals surface area contributed by atoms with Crippen LogP contribution in [0.4, 0.5) is 0 Å². The van der Waals surface area contributed by atoms with E-state index in [1.54, 1.807) is 6.07 Å². The highest BCUT2D eigenvalue weighted by molar-refractivity contribution is 6.09. The first-order valence-electron chi connectivity index (χ1n) is 6.10. The minimum atomic E-state index is -0.0232. The Kier molecular flexibility index (Phi) is 3.12. The molecule has 1 heterocycles. The maximum atomic E-state index is 12.5. The highest BCUT2D eigenvalue weighted by Gasteiger charge is 2.19. The smallest absolute Gasteiger partial charge is 0.228 e. The Balaban J connectivity index is 2.61. The molecule has 0 fully saturated rings. The Bertz CT molecular complexity index is 592. The number of aryl methyl sites for hydroxylation is 3. The highest BCUT2D eigenvalue weighted by atomic mass is 16.3. The van der Waals surface area contributed by atoms with Gasteiger partial charge in [-0.3, -0.25) is 4.79 Å². The van der Waals surface area contributed by atoms with Crippen LogP contribution in [0.15, 0.2) is 22.6 Å². The summed E-state index contributed by atoms with van der Waals surface area (Å²) >= 11 is 0. The molecule has 0 saturated heterocycles. The van der Waals surface area contributed by atoms with Gasteiger partial charge in [0.25, 0.3) is 0 Å². The van der Waals surface area contributed by atoms with Crippen LogP contribution >= 0.6 is 0 Å². The monoisotopic (exact) mass is 242 g/mol. The standard InChI is InChI=1S/C16H18O2/c1-9-8-10(2)13(5)15(12(9)4)16(17)14-7-6-11(3)18-14/h6-8H,1-5H3. The van der Waals surface area contributed by atoms with Gasteiger partial charge >= 0.3 is 0 Å². The maximum Gasteiger partial charge on any atom is 0.228 e. The molecule has 0 spiro atoms. The van der Waals surface area contributed by atoms with Crippen LogP contribution in [0.25, 0.3) is 0 Å². The summed E-state index contributed by atoms with van der Waals surface area (Å²) in [5.41, 5.74) is 5.14. The molecule has 0 aliphatic carbocycles. The molecule has 0 bridgehead atoms. The van der Waals surface area contributed by atoms with Gasteiger partial charge in [-0.15, -0.1) is 0 Å². The lowest BCUT2D eigenvalue weighted by molar-refractivity contribution is 0.101. The van der Waals surface area contributed by atoms with Crippen molar-refractivity contribution in [1.82, 2.24) is 0 Å². The Morgan fingerprint density at radius 1 is 0.944 bits per heavy atom. The van der Waals surface area contributed by atoms with Crippen LogP contribution in [-0.2, 0) is 0 Å². The predicted molar refractivity (Wildman–Crippen MR) is 72.3 cm³/mol. The van der Waals surface area contributed by atoms with Crippen molar-refractivity contribution in [2.24, 2.45) is 0 Å². The molecule has 0 unspecified atom stereocenters. The molecule has 0 amide bonds. The summed E-state index contributed by atoms with van der Waals surface area (Å²) in [6.45, 7) is 9.89. The minimum Gasteiger partial charge on any atom is -0.458 e. The average molecular weight is 242 g/mol. The number of rotatable bonds is 2. The molecule has 0 radical (unpaired) electrons. The zero-order valence-electron chi connectivity index (χ0n) is 11.5. The molecular weight excluding hydrogens is 224 g/mol. The third kappa shape index (κ3) is 1.99. The summed E-state index contributed by atoms with van der Waals surface area (Å²) in [4.78, 5) is 12.5. The Hall–Kier alpha value is -1.83. The first-order valence-corrected chi connectivity index (χ1v) is 6.10. The van der Waals surface area contributed by atoms with Crippen LogP contribution in [0, 0.1) is 34.6 Å². The van der Waals surface area contributed by atoms with Crippen LogP contribution in [0.1, 0.15) is 44.1 Å². The van der Waals surface area contributed by atoms with Gasteiger partial charge in [0, 0.05) is 5.56 Å². The molecule has 0 aliphatic heterocycles. The second kappa shape index (κ2) is 4.45. The summed E-state index contributed by atoms with van der Waals surface area (Å²) in [7, 11) is 0. The summed E-state index contributed by atoms with van der Waals surface area (Å²) in [5.74, 6) is 1.16. The lowest BCUT2D eigenvalue weighted by Gasteiger charge is -2.13. The van der Waals surface area contributed by atoms with Crippen LogP contribution in [-0.4, -0.2) is 5.78 Å². The molecule has 0 saturated carbocycles. The quantitative estimate of drug-likeness (QED) is 0.743. The van der Waals surface area contributed by atoms with E-state index in [0.29, 0.717) is 5.76 Å². The number of hydrogen-bond donors (Lipinski definition) is 0. The maximum absolute atomic E-state index is 12.5. The SMILES string of the molecule is Cc1ccc(C(=O)c2c(C)c(C)cc(C)c2C)o1. The van der Waals surface area contributed by atoms with E-state index in [-0.39, 0.29) is 5.78 Å². The molecule has 18 heavy (non-hydrogen) atoms. The van der Waals surface area contributed by atoms with Crippen LogP contribution < -0.4 is 0 Å². The first-order chi connectivity index (χ1) is 8.41. The second-order valence-corrected chi connectivity index (χ2v) is 4.87. The number of benzene rings is 1. The van der Waals surface area contributed by atoms with Crippen molar-refractivity contribution in [3.63, 3.8) is 0 Å². The fraction of sp³-hybridized carbons (Fsp3) is 0.312. The van der Waals surface area contributed by atoms with E-state index in [4.69, 9.17) is 4.42 Å². The minimum absolute atomic E-state index is 0.0232. The zero-order valence-corrected chi connectivity index (χ0v) is 11.5. The molecule has 1 aromatic carbocycles. The van der Waals surface area contributed by atoms with E-state index in [9.17, 15) is 4.79 Å². The first kappa shape index (κ1) is 12.6. The van der Waals surface area contributed by atoms with Crippen molar-refractivity contribution in [1.29, 1.82) is 0 Å². The van der Waals surface area contributed by atoms with Gasteiger partial charge in [-0.25, -0.2) is 0 Å². The summed E-state index contributed by atoms with van der Waals surface area (Å²) in [5, 5.41) is 0. The van der Waals surface area contributed by atoms with E-state index in [2.05, 4.69) is 6.07 Å². The van der Waals surface area contributed by atoms with Gasteiger partial charge in [-0.1, -0.05) is 6.07 Å². The molecule has 0 aliphatic rings. The molecular formula is C16H18O2. The third-order valence-corrected chi connectivity index (χ3v) is 3.56. The van der Waals surface area contributed by atoms with Gasteiger partial charge in [-0.2, -0.15) is 0 Å². The van der Waals surface area contributed by atoms with E-state index in [1.165, 1.54) is 0 Å². The number of carbonyl (C=O) groups is 1. The van der Waals surface area contributed by atoms with Gasteiger partial charge in [0.1, 0.15) is 5.76 Å². The van der Waals surface area contributed by atoms with E-state index in [1.807, 2.05) is 40.7 Å². The summed E-state index contributed by atoms with van der Waals surface area (Å²) in [6.07, 6.45) is 0. The van der Waals surface area contributed by atoms with Crippen molar-refractivity contribution in [2.45, 2.75) is 34.6 Å². The molecule has 94 valence electrons. The van der Waals surface area contributed by atoms with Gasteiger partial charge in [0.05, 0.1) is 0 Å². The largest absolute Gasteiger partial charge is 0.458 e. The summed E-state index contributed by atoms with van der Waals surface area (Å²) in [6, 6.07) is 5.68. The molecule has 2 rings (SSSR count). The van der Waals surface area contributed by atoms with Gasteiger partial charge in [-0.05, 0) is 69.0 Å². The number of ketones is 1. The normalized spacial score (nSPS) is 10.7. The third-order valence-electron chi connectivity index (χ3n) is 3.56. The molecule has 1 aromatic heterocycles. The zero-order chi connectivity index (χ0) is 13.4. The molecule has 2 heteroatoms. The Morgan fingerprint density at radius 3 is 1.94 bits per heavy atom. The van der Waals surface area contributed by atoms with Crippen LogP contribution in [0.2, 0.25) is 0 Å². The molecule has 0 atom stereocenters. The van der Waals surface area contributed by atoms with Gasteiger partial charge < -0.3 is 4.42 Å². The predicted octanol–water partition coefficient (Wildman–Crippen LogP) is 4.05. The number of carbonyl (C=O) groups excluding carboxylic acids is 1. The van der Waals surface area contributed by atoms with E-state index < -0.39 is 0 Å². The average Bonchev–Trinajstić information content (AvgIpc) is 2.73. The van der Waals surface area contributed by atoms with Crippen molar-refractivity contribution >= 4 is 5.78 Å². The Labute approximate surface area is 108 Å². The van der Waals surface area contributed by atoms with Crippen molar-refractivity contribution in [2.75, 3.05) is 0 Å². The van der Waals surface area contributed by atoms with Crippen LogP contribution in [0.3, 0.4) is 0 Å². The number of furan rings is 1. The summed E-state index contributed by atoms with van der Waals surface area (Å²) < 4.78 is 5.44. The molecule has 0 N–H and O–H groups in total. The molecule has 2 nitrogen and oxygen atoms in total. The lowest BCUT2D eigenvalue weighted by Crippen LogP contribution is -2.08. The van der Waals surface area contributed by atoms with Crippen molar-refractivity contribution in [3.8, 4) is 0 Å². The fourth-order valence-electron chi connectivity index (χ4n) is 2.24. The fourth-order valence-corrected chi connectivity index (χ4v) is 2.24. The van der Waals surface area contributed by atoms with Crippen molar-refractivity contribution in [3.05, 3.63) is 57.5 Å². The van der Waals surface area contributed by atoms with E-state index in [0.717, 1.165) is 33.6 Å².